The molecule has 17 heavy (non-hydrogen) atoms. The number of nitrogens with one attached hydrogen (secondary N) is 1. The molecule has 1 atom stereocenters. The Balaban J connectivity index is 2.01. The summed E-state index contributed by atoms with van der Waals surface area (Å²) in [4.78, 5) is 4.51. The predicted molar refractivity (Wildman–Crippen MR) is 69.2 cm³/mol. The Kier molecular flexibility index (Phi) is 2.80. The van der Waals surface area contributed by atoms with E-state index >= 15 is 0 Å². The van der Waals surface area contributed by atoms with E-state index in [0.717, 1.165) is 35.5 Å². The van der Waals surface area contributed by atoms with Crippen molar-refractivity contribution in [1.82, 2.24) is 14.7 Å². The van der Waals surface area contributed by atoms with Crippen LogP contribution in [0.3, 0.4) is 0 Å². The van der Waals surface area contributed by atoms with E-state index in [1.165, 1.54) is 6.42 Å². The molecular formula is C12H14BrN3O. The molecule has 3 rings (SSSR count). The minimum absolute atomic E-state index is 0.266. The lowest BCUT2D eigenvalue weighted by Crippen LogP contribution is -2.12. The molecule has 1 aliphatic heterocycles. The number of fused-ring (bicyclic) bond motifs is 1. The van der Waals surface area contributed by atoms with Crippen molar-refractivity contribution in [3.05, 3.63) is 28.8 Å². The Morgan fingerprint density at radius 1 is 1.59 bits per heavy atom. The Hall–Kier alpha value is -1.07. The van der Waals surface area contributed by atoms with Crippen LogP contribution in [0, 0.1) is 5.92 Å². The Bertz CT molecular complexity index is 546. The predicted octanol–water partition coefficient (Wildman–Crippen LogP) is 1.95. The maximum atomic E-state index is 9.82. The molecule has 2 N–H and O–H groups in total. The van der Waals surface area contributed by atoms with Crippen molar-refractivity contribution in [1.29, 1.82) is 0 Å². The van der Waals surface area contributed by atoms with Crippen molar-refractivity contribution >= 4 is 21.4 Å². The zero-order chi connectivity index (χ0) is 11.8. The van der Waals surface area contributed by atoms with Gasteiger partial charge in [0.1, 0.15) is 21.7 Å². The minimum atomic E-state index is 0.266. The average Bonchev–Trinajstić information content (AvgIpc) is 2.90. The number of rotatable bonds is 2. The van der Waals surface area contributed by atoms with Crippen LogP contribution in [0.25, 0.3) is 5.52 Å². The molecule has 0 spiro atoms. The fourth-order valence-electron chi connectivity index (χ4n) is 2.43. The molecule has 0 amide bonds. The standard InChI is InChI=1S/C12H14BrN3O/c13-12-11-9(17)2-1-5-16(11)10(15-12)6-8-3-4-14-7-8/h1-2,5,8,14,17H,3-4,6-7H2. The van der Waals surface area contributed by atoms with Crippen molar-refractivity contribution in [2.24, 2.45) is 5.92 Å². The van der Waals surface area contributed by atoms with E-state index in [1.54, 1.807) is 6.07 Å². The highest BCUT2D eigenvalue weighted by atomic mass is 79.9. The van der Waals surface area contributed by atoms with Crippen molar-refractivity contribution in [2.45, 2.75) is 12.8 Å². The highest BCUT2D eigenvalue weighted by Gasteiger charge is 2.19. The molecule has 1 unspecified atom stereocenters. The molecule has 2 aromatic heterocycles. The van der Waals surface area contributed by atoms with Gasteiger partial charge in [-0.1, -0.05) is 0 Å². The first kappa shape index (κ1) is 11.0. The molecule has 1 saturated heterocycles. The van der Waals surface area contributed by atoms with Crippen LogP contribution in [0.1, 0.15) is 12.2 Å². The van der Waals surface area contributed by atoms with E-state index in [1.807, 2.05) is 16.7 Å². The summed E-state index contributed by atoms with van der Waals surface area (Å²) < 4.78 is 2.69. The van der Waals surface area contributed by atoms with Crippen LogP contribution >= 0.6 is 15.9 Å². The number of aromatic hydroxyl groups is 1. The van der Waals surface area contributed by atoms with Crippen LogP contribution in [0.15, 0.2) is 22.9 Å². The monoisotopic (exact) mass is 295 g/mol. The van der Waals surface area contributed by atoms with E-state index < -0.39 is 0 Å². The Morgan fingerprint density at radius 2 is 2.47 bits per heavy atom. The molecule has 4 nitrogen and oxygen atoms in total. The van der Waals surface area contributed by atoms with Crippen LogP contribution < -0.4 is 5.32 Å². The highest BCUT2D eigenvalue weighted by molar-refractivity contribution is 9.10. The minimum Gasteiger partial charge on any atom is -0.506 e. The third-order valence-electron chi connectivity index (χ3n) is 3.31. The number of hydrogen-bond donors (Lipinski definition) is 2. The molecule has 3 heterocycles. The van der Waals surface area contributed by atoms with Gasteiger partial charge in [0, 0.05) is 12.6 Å². The maximum Gasteiger partial charge on any atom is 0.142 e. The second kappa shape index (κ2) is 4.31. The van der Waals surface area contributed by atoms with Gasteiger partial charge in [0.2, 0.25) is 0 Å². The third kappa shape index (κ3) is 1.93. The number of halogens is 1. The largest absolute Gasteiger partial charge is 0.506 e. The number of hydrogen-bond acceptors (Lipinski definition) is 3. The van der Waals surface area contributed by atoms with Gasteiger partial charge >= 0.3 is 0 Å². The molecular weight excluding hydrogens is 282 g/mol. The van der Waals surface area contributed by atoms with Gasteiger partial charge in [0.15, 0.2) is 0 Å². The highest BCUT2D eigenvalue weighted by Crippen LogP contribution is 2.28. The van der Waals surface area contributed by atoms with E-state index in [-0.39, 0.29) is 5.75 Å². The van der Waals surface area contributed by atoms with Gasteiger partial charge in [-0.15, -0.1) is 0 Å². The Morgan fingerprint density at radius 3 is 3.24 bits per heavy atom. The molecule has 0 aromatic carbocycles. The lowest BCUT2D eigenvalue weighted by molar-refractivity contribution is 0.478. The molecule has 0 saturated carbocycles. The summed E-state index contributed by atoms with van der Waals surface area (Å²) in [5.41, 5.74) is 0.758. The molecule has 90 valence electrons. The summed E-state index contributed by atoms with van der Waals surface area (Å²) in [5, 5.41) is 13.2. The van der Waals surface area contributed by atoms with E-state index in [2.05, 4.69) is 26.2 Å². The first-order valence-corrected chi connectivity index (χ1v) is 6.60. The molecule has 5 heteroatoms. The van der Waals surface area contributed by atoms with Crippen LogP contribution in [0.2, 0.25) is 0 Å². The van der Waals surface area contributed by atoms with Crippen LogP contribution in [0.4, 0.5) is 0 Å². The molecule has 0 bridgehead atoms. The number of nitrogens with zero attached hydrogens (tertiary/aromatic N) is 2. The van der Waals surface area contributed by atoms with Gasteiger partial charge in [-0.25, -0.2) is 4.98 Å². The summed E-state index contributed by atoms with van der Waals surface area (Å²) in [7, 11) is 0. The van der Waals surface area contributed by atoms with Crippen molar-refractivity contribution in [3.8, 4) is 5.75 Å². The summed E-state index contributed by atoms with van der Waals surface area (Å²) in [6, 6.07) is 3.52. The summed E-state index contributed by atoms with van der Waals surface area (Å²) in [5.74, 6) is 1.92. The maximum absolute atomic E-state index is 9.82. The molecule has 0 radical (unpaired) electrons. The Labute approximate surface area is 108 Å². The quantitative estimate of drug-likeness (QED) is 0.890. The fourth-order valence-corrected chi connectivity index (χ4v) is 3.03. The first-order valence-electron chi connectivity index (χ1n) is 5.81. The van der Waals surface area contributed by atoms with Crippen molar-refractivity contribution < 1.29 is 5.11 Å². The van der Waals surface area contributed by atoms with Crippen molar-refractivity contribution in [3.63, 3.8) is 0 Å². The van der Waals surface area contributed by atoms with Gasteiger partial charge in [0.25, 0.3) is 0 Å². The van der Waals surface area contributed by atoms with Crippen molar-refractivity contribution in [2.75, 3.05) is 13.1 Å². The zero-order valence-corrected chi connectivity index (χ0v) is 10.9. The van der Waals surface area contributed by atoms with Crippen LogP contribution in [-0.4, -0.2) is 27.6 Å². The number of imidazole rings is 1. The number of pyridine rings is 1. The summed E-state index contributed by atoms with van der Waals surface area (Å²) in [6.45, 7) is 2.16. The van der Waals surface area contributed by atoms with Gasteiger partial charge in [-0.05, 0) is 53.5 Å². The molecule has 1 aliphatic rings. The lowest BCUT2D eigenvalue weighted by atomic mass is 10.1. The second-order valence-corrected chi connectivity index (χ2v) is 5.24. The zero-order valence-electron chi connectivity index (χ0n) is 9.36. The van der Waals surface area contributed by atoms with Crippen LogP contribution in [-0.2, 0) is 6.42 Å². The first-order chi connectivity index (χ1) is 8.25. The molecule has 1 fully saturated rings. The fraction of sp³-hybridized carbons (Fsp3) is 0.417. The lowest BCUT2D eigenvalue weighted by Gasteiger charge is -2.07. The number of aromatic nitrogens is 2. The van der Waals surface area contributed by atoms with E-state index in [4.69, 9.17) is 0 Å². The SMILES string of the molecule is Oc1cccn2c(CC3CCNC3)nc(Br)c12. The van der Waals surface area contributed by atoms with Gasteiger partial charge in [0.05, 0.1) is 0 Å². The molecule has 0 aliphatic carbocycles. The topological polar surface area (TPSA) is 49.6 Å². The van der Waals surface area contributed by atoms with Gasteiger partial charge in [-0.3, -0.25) is 4.40 Å². The average molecular weight is 296 g/mol. The van der Waals surface area contributed by atoms with Gasteiger partial charge < -0.3 is 10.4 Å². The van der Waals surface area contributed by atoms with E-state index in [9.17, 15) is 5.11 Å². The molecule has 2 aromatic rings. The summed E-state index contributed by atoms with van der Waals surface area (Å²) >= 11 is 3.41. The second-order valence-electron chi connectivity index (χ2n) is 4.49. The van der Waals surface area contributed by atoms with Gasteiger partial charge in [-0.2, -0.15) is 0 Å². The summed E-state index contributed by atoms with van der Waals surface area (Å²) in [6.07, 6.45) is 4.10. The van der Waals surface area contributed by atoms with E-state index in [0.29, 0.717) is 5.92 Å². The smallest absolute Gasteiger partial charge is 0.142 e. The normalized spacial score (nSPS) is 20.2. The third-order valence-corrected chi connectivity index (χ3v) is 3.86. The van der Waals surface area contributed by atoms with Crippen LogP contribution in [0.5, 0.6) is 5.75 Å².